The Kier molecular flexibility index (Phi) is 5.71. The molecule has 26 heavy (non-hydrogen) atoms. The number of piperidine rings is 1. The first-order chi connectivity index (χ1) is 12.5. The fraction of sp³-hybridized carbons (Fsp3) is 0.474. The zero-order valence-electron chi connectivity index (χ0n) is 15.4. The number of likely N-dealkylation sites (tertiary alicyclic amines) is 1. The van der Waals surface area contributed by atoms with E-state index in [1.807, 2.05) is 17.3 Å². The van der Waals surface area contributed by atoms with E-state index in [-0.39, 0.29) is 6.03 Å². The van der Waals surface area contributed by atoms with Crippen LogP contribution < -0.4 is 10.1 Å². The molecule has 2 aromatic rings. The molecule has 1 fully saturated rings. The predicted octanol–water partition coefficient (Wildman–Crippen LogP) is 4.54. The smallest absolute Gasteiger partial charge is 0.321 e. The van der Waals surface area contributed by atoms with E-state index >= 15 is 0 Å². The largest absolute Gasteiger partial charge is 0.495 e. The molecular weight excluding hydrogens is 352 g/mol. The van der Waals surface area contributed by atoms with Crippen LogP contribution in [0.1, 0.15) is 44.5 Å². The molecule has 0 unspecified atom stereocenters. The van der Waals surface area contributed by atoms with Gasteiger partial charge in [-0.2, -0.15) is 0 Å². The number of anilines is 1. The van der Waals surface area contributed by atoms with Gasteiger partial charge in [0.05, 0.1) is 12.1 Å². The topological polar surface area (TPSA) is 59.4 Å². The van der Waals surface area contributed by atoms with Gasteiger partial charge in [-0.3, -0.25) is 0 Å². The first-order valence-electron chi connectivity index (χ1n) is 8.91. The fourth-order valence-corrected chi connectivity index (χ4v) is 3.62. The van der Waals surface area contributed by atoms with Crippen LogP contribution in [0, 0.1) is 0 Å². The molecule has 2 amide bonds. The fourth-order valence-electron chi connectivity index (χ4n) is 3.36. The first kappa shape index (κ1) is 18.6. The minimum atomic E-state index is -0.100. The lowest BCUT2D eigenvalue weighted by molar-refractivity contribution is 0.192. The molecule has 7 heteroatoms. The standard InChI is InChI=1S/C19H25ClN4O2/c1-13(2)24-11-8-21-18(24)14-6-9-23(10-7-14)19(25)22-15-4-5-17(26-3)16(20)12-15/h4-5,8,11-14H,6-7,9-10H2,1-3H3,(H,22,25). The van der Waals surface area contributed by atoms with E-state index in [1.165, 1.54) is 0 Å². The Morgan fingerprint density at radius 3 is 2.69 bits per heavy atom. The number of rotatable bonds is 4. The SMILES string of the molecule is COc1ccc(NC(=O)N2CCC(c3nccn3C(C)C)CC2)cc1Cl. The second-order valence-corrected chi connectivity index (χ2v) is 7.23. The molecule has 1 aromatic heterocycles. The van der Waals surface area contributed by atoms with Crippen molar-refractivity contribution in [2.24, 2.45) is 0 Å². The third kappa shape index (κ3) is 3.96. The summed E-state index contributed by atoms with van der Waals surface area (Å²) in [7, 11) is 1.56. The van der Waals surface area contributed by atoms with Crippen LogP contribution in [-0.4, -0.2) is 40.7 Å². The monoisotopic (exact) mass is 376 g/mol. The molecule has 1 aromatic carbocycles. The van der Waals surface area contributed by atoms with Gasteiger partial charge >= 0.3 is 6.03 Å². The Bertz CT molecular complexity index is 767. The van der Waals surface area contributed by atoms with Gasteiger partial charge in [-0.05, 0) is 44.9 Å². The lowest BCUT2D eigenvalue weighted by atomic mass is 9.96. The Morgan fingerprint density at radius 2 is 2.08 bits per heavy atom. The number of amides is 2. The summed E-state index contributed by atoms with van der Waals surface area (Å²) in [5.74, 6) is 2.11. The minimum absolute atomic E-state index is 0.100. The van der Waals surface area contributed by atoms with Gasteiger partial charge in [0, 0.05) is 43.1 Å². The van der Waals surface area contributed by atoms with E-state index < -0.39 is 0 Å². The van der Waals surface area contributed by atoms with Gasteiger partial charge in [0.25, 0.3) is 0 Å². The van der Waals surface area contributed by atoms with Crippen LogP contribution in [0.5, 0.6) is 5.75 Å². The van der Waals surface area contributed by atoms with E-state index in [1.54, 1.807) is 25.3 Å². The average Bonchev–Trinajstić information content (AvgIpc) is 3.12. The lowest BCUT2D eigenvalue weighted by Gasteiger charge is -2.32. The predicted molar refractivity (Wildman–Crippen MR) is 103 cm³/mol. The molecule has 1 N–H and O–H groups in total. The van der Waals surface area contributed by atoms with E-state index in [0.29, 0.717) is 41.5 Å². The van der Waals surface area contributed by atoms with Crippen molar-refractivity contribution in [2.75, 3.05) is 25.5 Å². The summed E-state index contributed by atoms with van der Waals surface area (Å²) in [6.45, 7) is 5.75. The number of imidazole rings is 1. The normalized spacial score (nSPS) is 15.3. The van der Waals surface area contributed by atoms with E-state index in [4.69, 9.17) is 16.3 Å². The van der Waals surface area contributed by atoms with Crippen molar-refractivity contribution in [3.8, 4) is 5.75 Å². The highest BCUT2D eigenvalue weighted by Crippen LogP contribution is 2.30. The van der Waals surface area contributed by atoms with E-state index in [2.05, 4.69) is 28.7 Å². The number of carbonyl (C=O) groups excluding carboxylic acids is 1. The van der Waals surface area contributed by atoms with Crippen LogP contribution in [0.15, 0.2) is 30.6 Å². The number of urea groups is 1. The molecule has 0 radical (unpaired) electrons. The molecule has 1 saturated heterocycles. The summed E-state index contributed by atoms with van der Waals surface area (Å²) in [6.07, 6.45) is 5.73. The summed E-state index contributed by atoms with van der Waals surface area (Å²) < 4.78 is 7.35. The molecule has 2 heterocycles. The van der Waals surface area contributed by atoms with Crippen LogP contribution in [0.25, 0.3) is 0 Å². The lowest BCUT2D eigenvalue weighted by Crippen LogP contribution is -2.41. The Hall–Kier alpha value is -2.21. The number of halogens is 1. The van der Waals surface area contributed by atoms with Crippen LogP contribution >= 0.6 is 11.6 Å². The molecule has 6 nitrogen and oxygen atoms in total. The highest BCUT2D eigenvalue weighted by atomic mass is 35.5. The van der Waals surface area contributed by atoms with Crippen molar-refractivity contribution >= 4 is 23.3 Å². The van der Waals surface area contributed by atoms with Crippen molar-refractivity contribution in [3.05, 3.63) is 41.4 Å². The Labute approximate surface area is 159 Å². The summed E-state index contributed by atoms with van der Waals surface area (Å²) in [4.78, 5) is 18.9. The summed E-state index contributed by atoms with van der Waals surface area (Å²) in [5, 5.41) is 3.39. The average molecular weight is 377 g/mol. The maximum Gasteiger partial charge on any atom is 0.321 e. The number of hydrogen-bond donors (Lipinski definition) is 1. The second-order valence-electron chi connectivity index (χ2n) is 6.83. The van der Waals surface area contributed by atoms with Gasteiger partial charge in [0.2, 0.25) is 0 Å². The van der Waals surface area contributed by atoms with Gasteiger partial charge in [0.15, 0.2) is 0 Å². The van der Waals surface area contributed by atoms with Gasteiger partial charge in [-0.25, -0.2) is 9.78 Å². The quantitative estimate of drug-likeness (QED) is 0.852. The number of nitrogens with one attached hydrogen (secondary N) is 1. The molecule has 0 spiro atoms. The Balaban J connectivity index is 1.58. The number of hydrogen-bond acceptors (Lipinski definition) is 3. The third-order valence-corrected chi connectivity index (χ3v) is 5.10. The van der Waals surface area contributed by atoms with Crippen LogP contribution in [-0.2, 0) is 0 Å². The molecular formula is C19H25ClN4O2. The second kappa shape index (κ2) is 7.99. The number of methoxy groups -OCH3 is 1. The minimum Gasteiger partial charge on any atom is -0.495 e. The van der Waals surface area contributed by atoms with Crippen LogP contribution in [0.2, 0.25) is 5.02 Å². The number of ether oxygens (including phenoxy) is 1. The van der Waals surface area contributed by atoms with Crippen molar-refractivity contribution in [1.29, 1.82) is 0 Å². The number of benzene rings is 1. The molecule has 1 aliphatic rings. The zero-order valence-corrected chi connectivity index (χ0v) is 16.2. The third-order valence-electron chi connectivity index (χ3n) is 4.81. The van der Waals surface area contributed by atoms with Crippen molar-refractivity contribution < 1.29 is 9.53 Å². The summed E-state index contributed by atoms with van der Waals surface area (Å²) in [5.41, 5.74) is 0.665. The van der Waals surface area contributed by atoms with Gasteiger partial charge in [-0.15, -0.1) is 0 Å². The summed E-state index contributed by atoms with van der Waals surface area (Å²) >= 11 is 6.12. The van der Waals surface area contributed by atoms with Crippen molar-refractivity contribution in [2.45, 2.75) is 38.6 Å². The van der Waals surface area contributed by atoms with Crippen LogP contribution in [0.4, 0.5) is 10.5 Å². The Morgan fingerprint density at radius 1 is 1.35 bits per heavy atom. The number of carbonyl (C=O) groups is 1. The number of nitrogens with zero attached hydrogens (tertiary/aromatic N) is 3. The van der Waals surface area contributed by atoms with Crippen molar-refractivity contribution in [3.63, 3.8) is 0 Å². The molecule has 3 rings (SSSR count). The highest BCUT2D eigenvalue weighted by molar-refractivity contribution is 6.32. The molecule has 0 bridgehead atoms. The maximum absolute atomic E-state index is 12.5. The molecule has 1 aliphatic heterocycles. The molecule has 140 valence electrons. The van der Waals surface area contributed by atoms with Crippen molar-refractivity contribution in [1.82, 2.24) is 14.5 Å². The number of aromatic nitrogens is 2. The van der Waals surface area contributed by atoms with E-state index in [9.17, 15) is 4.79 Å². The first-order valence-corrected chi connectivity index (χ1v) is 9.29. The van der Waals surface area contributed by atoms with Gasteiger partial charge < -0.3 is 19.5 Å². The van der Waals surface area contributed by atoms with E-state index in [0.717, 1.165) is 18.7 Å². The van der Waals surface area contributed by atoms with Gasteiger partial charge in [-0.1, -0.05) is 11.6 Å². The highest BCUT2D eigenvalue weighted by Gasteiger charge is 2.27. The molecule has 0 atom stereocenters. The maximum atomic E-state index is 12.5. The van der Waals surface area contributed by atoms with Crippen LogP contribution in [0.3, 0.4) is 0 Å². The molecule has 0 aliphatic carbocycles. The van der Waals surface area contributed by atoms with Gasteiger partial charge in [0.1, 0.15) is 11.6 Å². The zero-order chi connectivity index (χ0) is 18.7. The molecule has 0 saturated carbocycles. The summed E-state index contributed by atoms with van der Waals surface area (Å²) in [6, 6.07) is 5.53.